The Kier molecular flexibility index (Phi) is 8.99. The summed E-state index contributed by atoms with van der Waals surface area (Å²) < 4.78 is 7.20. The third-order valence-corrected chi connectivity index (χ3v) is 8.41. The fourth-order valence-electron chi connectivity index (χ4n) is 5.80. The highest BCUT2D eigenvalue weighted by Crippen LogP contribution is 2.34. The number of H-pyrrole nitrogens is 1. The van der Waals surface area contributed by atoms with Crippen molar-refractivity contribution in [3.05, 3.63) is 83.3 Å². The van der Waals surface area contributed by atoms with Crippen LogP contribution < -0.4 is 9.64 Å². The summed E-state index contributed by atoms with van der Waals surface area (Å²) >= 11 is 6.44. The van der Waals surface area contributed by atoms with Crippen molar-refractivity contribution in [3.8, 4) is 5.75 Å². The van der Waals surface area contributed by atoms with Crippen LogP contribution in [0.3, 0.4) is 0 Å². The van der Waals surface area contributed by atoms with Crippen molar-refractivity contribution in [3.63, 3.8) is 0 Å². The number of aromatic amines is 1. The lowest BCUT2D eigenvalue weighted by Crippen LogP contribution is -2.20. The van der Waals surface area contributed by atoms with Crippen molar-refractivity contribution in [2.24, 2.45) is 5.92 Å². The number of unbranched alkanes of at least 4 members (excludes halogenated alkanes) is 2. The number of anilines is 2. The zero-order chi connectivity index (χ0) is 28.9. The number of aromatic nitrogens is 3. The molecule has 0 saturated carbocycles. The van der Waals surface area contributed by atoms with Crippen LogP contribution in [0.25, 0.3) is 21.9 Å². The second kappa shape index (κ2) is 12.8. The molecule has 41 heavy (non-hydrogen) atoms. The minimum absolute atomic E-state index is 0.0565. The lowest BCUT2D eigenvalue weighted by molar-refractivity contribution is 0.0826. The first kappa shape index (κ1) is 28.7. The molecular weight excluding hydrogens is 532 g/mol. The van der Waals surface area contributed by atoms with Crippen molar-refractivity contribution in [1.82, 2.24) is 14.5 Å². The highest BCUT2D eigenvalue weighted by atomic mass is 35.5. The van der Waals surface area contributed by atoms with Crippen LogP contribution >= 0.6 is 11.6 Å². The Morgan fingerprint density at radius 1 is 1.05 bits per heavy atom. The Balaban J connectivity index is 1.45. The smallest absolute Gasteiger partial charge is 0.234 e. The number of methoxy groups -OCH3 is 1. The van der Waals surface area contributed by atoms with Crippen LogP contribution in [0.5, 0.6) is 5.75 Å². The Hall–Kier alpha value is -3.77. The molecule has 0 aliphatic heterocycles. The second-order valence-corrected chi connectivity index (χ2v) is 11.0. The van der Waals surface area contributed by atoms with Gasteiger partial charge in [-0.15, -0.1) is 0 Å². The predicted octanol–water partition coefficient (Wildman–Crippen LogP) is 9.18. The van der Waals surface area contributed by atoms with E-state index in [1.807, 2.05) is 41.4 Å². The average Bonchev–Trinajstić information content (AvgIpc) is 3.60. The van der Waals surface area contributed by atoms with Crippen LogP contribution in [0.2, 0.25) is 5.02 Å². The molecule has 1 atom stereocenters. The number of carbonyl (C=O) groups is 1. The van der Waals surface area contributed by atoms with E-state index in [4.69, 9.17) is 21.3 Å². The van der Waals surface area contributed by atoms with Crippen LogP contribution in [-0.4, -0.2) is 34.1 Å². The number of carbonyl (C=O) groups excluding carboxylic acids is 1. The van der Waals surface area contributed by atoms with Gasteiger partial charge in [0.15, 0.2) is 0 Å². The molecule has 0 aliphatic carbocycles. The van der Waals surface area contributed by atoms with Crippen LogP contribution in [0.4, 0.5) is 11.4 Å². The Labute approximate surface area is 247 Å². The lowest BCUT2D eigenvalue weighted by Gasteiger charge is -2.23. The average molecular weight is 571 g/mol. The van der Waals surface area contributed by atoms with E-state index in [1.54, 1.807) is 7.11 Å². The van der Waals surface area contributed by atoms with E-state index in [-0.39, 0.29) is 11.8 Å². The molecule has 0 aliphatic rings. The third-order valence-electron chi connectivity index (χ3n) is 8.12. The van der Waals surface area contributed by atoms with E-state index in [9.17, 15) is 4.79 Å². The number of pyridine rings is 1. The highest BCUT2D eigenvalue weighted by molar-refractivity contribution is 6.32. The maximum Gasteiger partial charge on any atom is 0.234 e. The number of halogens is 1. The standard InChI is InChI=1S/C34H39ClN4O2/c1-5-8-9-11-23(6-2)34(40)39-17-16-28-24(12-10-13-31(28)39)18-25-21-36-33-29(25)19-27(22-37-33)38(7-3)26-14-15-32(41-4)30(35)20-26/h10,12-17,19-23H,5-9,11,18H2,1-4H3,(H,36,37). The van der Waals surface area contributed by atoms with Crippen molar-refractivity contribution in [2.75, 3.05) is 18.6 Å². The van der Waals surface area contributed by atoms with Gasteiger partial charge in [0.1, 0.15) is 11.4 Å². The van der Waals surface area contributed by atoms with Gasteiger partial charge in [0, 0.05) is 47.7 Å². The molecule has 2 aromatic carbocycles. The number of ether oxygens (including phenoxy) is 1. The SMILES string of the molecule is CCCCCC(CC)C(=O)n1ccc2c(Cc3c[nH]c4ncc(N(CC)c5ccc(OC)c(Cl)c5)cc34)cccc21. The summed E-state index contributed by atoms with van der Waals surface area (Å²) in [5.74, 6) is 0.912. The molecule has 7 heteroatoms. The van der Waals surface area contributed by atoms with E-state index >= 15 is 0 Å². The largest absolute Gasteiger partial charge is 0.495 e. The molecule has 5 rings (SSSR count). The highest BCUT2D eigenvalue weighted by Gasteiger charge is 2.20. The summed E-state index contributed by atoms with van der Waals surface area (Å²) in [4.78, 5) is 23.8. The summed E-state index contributed by atoms with van der Waals surface area (Å²) in [7, 11) is 1.62. The predicted molar refractivity (Wildman–Crippen MR) is 170 cm³/mol. The minimum Gasteiger partial charge on any atom is -0.495 e. The number of rotatable bonds is 12. The molecule has 0 radical (unpaired) electrons. The summed E-state index contributed by atoms with van der Waals surface area (Å²) in [5, 5.41) is 2.77. The molecule has 1 unspecified atom stereocenters. The van der Waals surface area contributed by atoms with Crippen LogP contribution in [0.1, 0.15) is 68.8 Å². The molecule has 3 aromatic heterocycles. The van der Waals surface area contributed by atoms with E-state index in [1.165, 1.54) is 12.0 Å². The molecule has 1 N–H and O–H groups in total. The van der Waals surface area contributed by atoms with Gasteiger partial charge in [-0.25, -0.2) is 4.98 Å². The molecule has 0 saturated heterocycles. The normalized spacial score (nSPS) is 12.2. The number of nitrogens with one attached hydrogen (secondary N) is 1. The van der Waals surface area contributed by atoms with Crippen LogP contribution in [-0.2, 0) is 6.42 Å². The number of hydrogen-bond acceptors (Lipinski definition) is 4. The Bertz CT molecular complexity index is 1650. The fourth-order valence-corrected chi connectivity index (χ4v) is 6.05. The molecule has 5 aromatic rings. The van der Waals surface area contributed by atoms with Gasteiger partial charge in [0.2, 0.25) is 5.91 Å². The van der Waals surface area contributed by atoms with E-state index in [0.717, 1.165) is 77.5 Å². The topological polar surface area (TPSA) is 63.2 Å². The van der Waals surface area contributed by atoms with Crippen molar-refractivity contribution < 1.29 is 9.53 Å². The van der Waals surface area contributed by atoms with Gasteiger partial charge in [0.05, 0.1) is 29.5 Å². The van der Waals surface area contributed by atoms with Crippen LogP contribution in [0, 0.1) is 5.92 Å². The monoisotopic (exact) mass is 570 g/mol. The molecule has 0 bridgehead atoms. The van der Waals surface area contributed by atoms with Crippen molar-refractivity contribution >= 4 is 50.8 Å². The van der Waals surface area contributed by atoms with Gasteiger partial charge in [-0.3, -0.25) is 9.36 Å². The number of benzene rings is 2. The Morgan fingerprint density at radius 3 is 2.63 bits per heavy atom. The third kappa shape index (κ3) is 5.84. The zero-order valence-electron chi connectivity index (χ0n) is 24.4. The first-order chi connectivity index (χ1) is 20.0. The molecule has 0 spiro atoms. The molecule has 0 amide bonds. The first-order valence-electron chi connectivity index (χ1n) is 14.7. The number of hydrogen-bond donors (Lipinski definition) is 1. The van der Waals surface area contributed by atoms with Gasteiger partial charge in [-0.1, -0.05) is 56.8 Å². The molecular formula is C34H39ClN4O2. The molecule has 3 heterocycles. The first-order valence-corrected chi connectivity index (χ1v) is 15.1. The summed E-state index contributed by atoms with van der Waals surface area (Å²) in [6.45, 7) is 7.19. The van der Waals surface area contributed by atoms with Gasteiger partial charge in [-0.05, 0) is 67.3 Å². The maximum absolute atomic E-state index is 13.5. The van der Waals surface area contributed by atoms with Gasteiger partial charge >= 0.3 is 0 Å². The van der Waals surface area contributed by atoms with Gasteiger partial charge < -0.3 is 14.6 Å². The van der Waals surface area contributed by atoms with E-state index in [0.29, 0.717) is 10.8 Å². The fraction of sp³-hybridized carbons (Fsp3) is 0.353. The number of nitrogens with zero attached hydrogens (tertiary/aromatic N) is 3. The minimum atomic E-state index is 0.0565. The number of fused-ring (bicyclic) bond motifs is 2. The summed E-state index contributed by atoms with van der Waals surface area (Å²) in [6.07, 6.45) is 11.9. The van der Waals surface area contributed by atoms with E-state index < -0.39 is 0 Å². The van der Waals surface area contributed by atoms with Gasteiger partial charge in [0.25, 0.3) is 0 Å². The van der Waals surface area contributed by atoms with Crippen LogP contribution in [0.15, 0.2) is 67.1 Å². The zero-order valence-corrected chi connectivity index (χ0v) is 25.2. The summed E-state index contributed by atoms with van der Waals surface area (Å²) in [5.41, 5.74) is 6.15. The van der Waals surface area contributed by atoms with Crippen molar-refractivity contribution in [1.29, 1.82) is 0 Å². The summed E-state index contributed by atoms with van der Waals surface area (Å²) in [6, 6.07) is 16.4. The van der Waals surface area contributed by atoms with E-state index in [2.05, 4.69) is 61.0 Å². The maximum atomic E-state index is 13.5. The van der Waals surface area contributed by atoms with Crippen molar-refractivity contribution in [2.45, 2.75) is 59.3 Å². The van der Waals surface area contributed by atoms with Gasteiger partial charge in [-0.2, -0.15) is 0 Å². The molecule has 6 nitrogen and oxygen atoms in total. The molecule has 214 valence electrons. The second-order valence-electron chi connectivity index (χ2n) is 10.6. The Morgan fingerprint density at radius 2 is 1.90 bits per heavy atom. The molecule has 0 fully saturated rings. The lowest BCUT2D eigenvalue weighted by atomic mass is 9.97. The quantitative estimate of drug-likeness (QED) is 0.152.